The average Bonchev–Trinajstić information content (AvgIpc) is 2.95. The van der Waals surface area contributed by atoms with Crippen molar-refractivity contribution in [1.29, 1.82) is 0 Å². The molecule has 1 aliphatic heterocycles. The number of nitrogens with one attached hydrogen (secondary N) is 1. The van der Waals surface area contributed by atoms with E-state index in [2.05, 4.69) is 32.8 Å². The molecule has 0 aromatic heterocycles. The maximum absolute atomic E-state index is 10.9. The van der Waals surface area contributed by atoms with Gasteiger partial charge in [-0.2, -0.15) is 0 Å². The first kappa shape index (κ1) is 28.3. The number of carboxylic acid groups (broad SMARTS) is 2. The molecule has 168 valence electrons. The Bertz CT molecular complexity index is 632. The van der Waals surface area contributed by atoms with E-state index in [0.717, 1.165) is 12.5 Å². The van der Waals surface area contributed by atoms with Gasteiger partial charge >= 0.3 is 24.2 Å². The Morgan fingerprint density at radius 2 is 1.50 bits per heavy atom. The quantitative estimate of drug-likeness (QED) is 0.228. The Labute approximate surface area is 170 Å². The molecule has 5 N–H and O–H groups in total. The van der Waals surface area contributed by atoms with Gasteiger partial charge in [0.1, 0.15) is 0 Å². The van der Waals surface area contributed by atoms with E-state index in [9.17, 15) is 28.8 Å². The number of aliphatic carboxylic acids is 2. The maximum Gasteiger partial charge on any atom is 0.538 e. The van der Waals surface area contributed by atoms with Gasteiger partial charge < -0.3 is 30.7 Å². The van der Waals surface area contributed by atoms with Crippen LogP contribution in [0, 0.1) is 0 Å². The molecule has 1 saturated heterocycles. The third-order valence-electron chi connectivity index (χ3n) is 2.51. The molecule has 1 fully saturated rings. The summed E-state index contributed by atoms with van der Waals surface area (Å²) in [6, 6.07) is 0. The molecular weight excluding hydrogens is 410 g/mol. The number of hydrogen-bond donors (Lipinski definition) is 4. The third-order valence-corrected chi connectivity index (χ3v) is 2.51. The number of carboxylic acids is 2. The average molecular weight is 433 g/mol. The number of alkyl carbamates (subject to hydrolysis) is 1. The summed E-state index contributed by atoms with van der Waals surface area (Å²) >= 11 is 0. The second-order valence-corrected chi connectivity index (χ2v) is 4.78. The summed E-state index contributed by atoms with van der Waals surface area (Å²) in [7, 11) is 0. The fourth-order valence-corrected chi connectivity index (χ4v) is 1.33. The second-order valence-electron chi connectivity index (χ2n) is 4.78. The Morgan fingerprint density at radius 1 is 1.00 bits per heavy atom. The number of hydroxylamine groups is 2. The smallest absolute Gasteiger partial charge is 0.481 e. The van der Waals surface area contributed by atoms with Gasteiger partial charge in [-0.1, -0.05) is 18.2 Å². The summed E-state index contributed by atoms with van der Waals surface area (Å²) in [4.78, 5) is 66.5. The predicted molar refractivity (Wildman–Crippen MR) is 97.1 cm³/mol. The highest BCUT2D eigenvalue weighted by atomic mass is 16.8. The molecule has 0 bridgehead atoms. The largest absolute Gasteiger partial charge is 0.538 e. The molecule has 1 rings (SSSR count). The summed E-state index contributed by atoms with van der Waals surface area (Å²) in [5, 5.41) is 18.6. The van der Waals surface area contributed by atoms with E-state index >= 15 is 0 Å². The SMILES string of the molecule is C=COC(=O)NCCC(=O)O.C=COC(=O)ON1C(=O)CCC1=O.NCCC(=O)O. The lowest BCUT2D eigenvalue weighted by molar-refractivity contribution is -0.175. The lowest BCUT2D eigenvalue weighted by Gasteiger charge is -2.10. The fraction of sp³-hybridized carbons (Fsp3) is 0.375. The molecule has 0 atom stereocenters. The van der Waals surface area contributed by atoms with E-state index in [4.69, 9.17) is 15.9 Å². The Morgan fingerprint density at radius 3 is 1.87 bits per heavy atom. The number of carbonyl (C=O) groups is 6. The molecule has 0 radical (unpaired) electrons. The molecule has 0 aromatic rings. The van der Waals surface area contributed by atoms with E-state index < -0.39 is 36.0 Å². The highest BCUT2D eigenvalue weighted by Crippen LogP contribution is 2.12. The van der Waals surface area contributed by atoms with Crippen LogP contribution in [0.1, 0.15) is 25.7 Å². The van der Waals surface area contributed by atoms with E-state index in [1.807, 2.05) is 0 Å². The number of nitrogens with zero attached hydrogens (tertiary/aromatic N) is 1. The zero-order chi connectivity index (χ0) is 23.5. The number of carbonyl (C=O) groups excluding carboxylic acids is 4. The number of hydrogen-bond acceptors (Lipinski definition) is 10. The summed E-state index contributed by atoms with van der Waals surface area (Å²) in [5.74, 6) is -2.90. The molecule has 0 aliphatic carbocycles. The van der Waals surface area contributed by atoms with Gasteiger partial charge in [0.2, 0.25) is 0 Å². The minimum Gasteiger partial charge on any atom is -0.481 e. The summed E-state index contributed by atoms with van der Waals surface area (Å²) in [6.07, 6.45) is 0.0238. The molecule has 1 heterocycles. The molecule has 14 heteroatoms. The minimum atomic E-state index is -1.15. The van der Waals surface area contributed by atoms with Crippen LogP contribution >= 0.6 is 0 Å². The molecule has 0 unspecified atom stereocenters. The van der Waals surface area contributed by atoms with Gasteiger partial charge in [0.05, 0.1) is 25.4 Å². The molecule has 0 saturated carbocycles. The number of imide groups is 1. The molecule has 1 aliphatic rings. The zero-order valence-corrected chi connectivity index (χ0v) is 15.9. The minimum absolute atomic E-state index is 0.0558. The van der Waals surface area contributed by atoms with Crippen LogP contribution < -0.4 is 11.1 Å². The normalized spacial score (nSPS) is 11.6. The van der Waals surface area contributed by atoms with E-state index in [1.54, 1.807) is 0 Å². The van der Waals surface area contributed by atoms with E-state index in [1.165, 1.54) is 0 Å². The van der Waals surface area contributed by atoms with Crippen molar-refractivity contribution in [3.63, 3.8) is 0 Å². The Kier molecular flexibility index (Phi) is 16.2. The predicted octanol–water partition coefficient (Wildman–Crippen LogP) is 0.0977. The number of amides is 3. The van der Waals surface area contributed by atoms with Crippen LogP contribution in [0.4, 0.5) is 9.59 Å². The van der Waals surface area contributed by atoms with Crippen LogP contribution in [0.15, 0.2) is 25.7 Å². The zero-order valence-electron chi connectivity index (χ0n) is 15.9. The first-order valence-corrected chi connectivity index (χ1v) is 8.13. The van der Waals surface area contributed by atoms with Gasteiger partial charge in [0.25, 0.3) is 11.8 Å². The van der Waals surface area contributed by atoms with Gasteiger partial charge in [0, 0.05) is 25.9 Å². The molecular formula is C16H23N3O11. The van der Waals surface area contributed by atoms with Crippen molar-refractivity contribution in [3.8, 4) is 0 Å². The maximum atomic E-state index is 10.9. The lowest BCUT2D eigenvalue weighted by Crippen LogP contribution is -2.31. The summed E-state index contributed by atoms with van der Waals surface area (Å²) in [5.41, 5.74) is 4.85. The van der Waals surface area contributed by atoms with Gasteiger partial charge in [-0.05, 0) is 0 Å². The lowest BCUT2D eigenvalue weighted by atomic mass is 10.4. The van der Waals surface area contributed by atoms with Crippen LogP contribution in [0.5, 0.6) is 0 Å². The fourth-order valence-electron chi connectivity index (χ4n) is 1.33. The van der Waals surface area contributed by atoms with Crippen molar-refractivity contribution in [2.75, 3.05) is 13.1 Å². The highest BCUT2D eigenvalue weighted by Gasteiger charge is 2.33. The topological polar surface area (TPSA) is 212 Å². The van der Waals surface area contributed by atoms with Crippen molar-refractivity contribution in [2.24, 2.45) is 5.73 Å². The van der Waals surface area contributed by atoms with Crippen LogP contribution in [0.2, 0.25) is 0 Å². The first-order chi connectivity index (χ1) is 14.1. The molecule has 0 aromatic carbocycles. The number of ether oxygens (including phenoxy) is 2. The van der Waals surface area contributed by atoms with E-state index in [-0.39, 0.29) is 38.8 Å². The van der Waals surface area contributed by atoms with Gasteiger partial charge in [-0.15, -0.1) is 0 Å². The molecule has 14 nitrogen and oxygen atoms in total. The number of rotatable bonds is 8. The third kappa shape index (κ3) is 16.2. The van der Waals surface area contributed by atoms with Gasteiger partial charge in [-0.3, -0.25) is 24.0 Å². The second kappa shape index (κ2) is 17.2. The molecule has 30 heavy (non-hydrogen) atoms. The van der Waals surface area contributed by atoms with E-state index in [0.29, 0.717) is 5.06 Å². The van der Waals surface area contributed by atoms with Crippen molar-refractivity contribution in [2.45, 2.75) is 25.7 Å². The summed E-state index contributed by atoms with van der Waals surface area (Å²) in [6.45, 7) is 6.54. The first-order valence-electron chi connectivity index (χ1n) is 8.13. The monoisotopic (exact) mass is 433 g/mol. The number of nitrogens with two attached hydrogens (primary N) is 1. The van der Waals surface area contributed by atoms with Crippen LogP contribution in [0.25, 0.3) is 0 Å². The summed E-state index contributed by atoms with van der Waals surface area (Å²) < 4.78 is 8.40. The van der Waals surface area contributed by atoms with Gasteiger partial charge in [0.15, 0.2) is 0 Å². The van der Waals surface area contributed by atoms with Crippen molar-refractivity contribution in [1.82, 2.24) is 10.4 Å². The van der Waals surface area contributed by atoms with Gasteiger partial charge in [-0.25, -0.2) is 9.59 Å². The Hall–Kier alpha value is -3.94. The Balaban J connectivity index is 0. The molecule has 0 spiro atoms. The van der Waals surface area contributed by atoms with Crippen molar-refractivity contribution < 1.29 is 53.3 Å². The van der Waals surface area contributed by atoms with Crippen molar-refractivity contribution >= 4 is 36.0 Å². The van der Waals surface area contributed by atoms with Crippen LogP contribution in [-0.2, 0) is 33.5 Å². The standard InChI is InChI=1S/C7H7NO5.C6H9NO4.C3H7NO2/c1-2-12-7(11)13-8-5(9)3-4-6(8)10;1-2-11-6(10)7-4-3-5(8)9;4-2-1-3(5)6/h2H,1,3-4H2;2H,1,3-4H2,(H,7,10)(H,8,9);1-2,4H2,(H,5,6). The highest BCUT2D eigenvalue weighted by molar-refractivity contribution is 6.01. The van der Waals surface area contributed by atoms with Crippen LogP contribution in [0.3, 0.4) is 0 Å². The molecule has 3 amide bonds. The van der Waals surface area contributed by atoms with Crippen LogP contribution in [-0.4, -0.2) is 64.4 Å². The van der Waals surface area contributed by atoms with Crippen molar-refractivity contribution in [3.05, 3.63) is 25.7 Å².